The summed E-state index contributed by atoms with van der Waals surface area (Å²) >= 11 is 0. The number of allylic oxidation sites excluding steroid dienone is 6. The van der Waals surface area contributed by atoms with Gasteiger partial charge in [0.2, 0.25) is 0 Å². The molecule has 0 aromatic heterocycles. The van der Waals surface area contributed by atoms with Gasteiger partial charge in [-0.15, -0.1) is 0 Å². The summed E-state index contributed by atoms with van der Waals surface area (Å²) < 4.78 is 0. The van der Waals surface area contributed by atoms with E-state index in [1.807, 2.05) is 0 Å². The van der Waals surface area contributed by atoms with Crippen LogP contribution in [-0.4, -0.2) is 0 Å². The van der Waals surface area contributed by atoms with Crippen LogP contribution < -0.4 is 4.90 Å². The highest BCUT2D eigenvalue weighted by molar-refractivity contribution is 5.85. The maximum atomic E-state index is 2.33. The Kier molecular flexibility index (Phi) is 15.8. The predicted molar refractivity (Wildman–Crippen MR) is 317 cm³/mol. The monoisotopic (exact) mass is 941 g/mol. The summed E-state index contributed by atoms with van der Waals surface area (Å²) in [6.07, 6.45) is 19.7. The summed E-state index contributed by atoms with van der Waals surface area (Å²) in [6.45, 7) is 12.8. The Morgan fingerprint density at radius 2 is 0.411 bits per heavy atom. The number of aryl methyl sites for hydroxylation is 6. The minimum absolute atomic E-state index is 1.08. The molecule has 356 valence electrons. The van der Waals surface area contributed by atoms with Crippen molar-refractivity contribution < 1.29 is 0 Å². The SMILES string of the molecule is Cc1ccc(C(=CC=Cc2ccc(N(c3ccc(C=CC=C(c4ccc(C)cc4)c4ccc(C)cc4)cc3)c3ccc(C=CC=C(c4ccc(C)cc4)c4ccc(C)cc4)cc3)cc2)c2ccc(C)cc2)cc1. The molecule has 0 aliphatic carbocycles. The van der Waals surface area contributed by atoms with E-state index in [0.717, 1.165) is 33.8 Å². The van der Waals surface area contributed by atoms with Gasteiger partial charge in [0.15, 0.2) is 0 Å². The van der Waals surface area contributed by atoms with Gasteiger partial charge in [-0.05, 0) is 145 Å². The Morgan fingerprint density at radius 1 is 0.233 bits per heavy atom. The molecule has 0 aliphatic heterocycles. The normalized spacial score (nSPS) is 11.3. The van der Waals surface area contributed by atoms with Gasteiger partial charge in [-0.1, -0.05) is 270 Å². The molecule has 0 atom stereocenters. The number of benzene rings is 9. The average molecular weight is 942 g/mol. The molecule has 0 heterocycles. The van der Waals surface area contributed by atoms with Crippen LogP contribution >= 0.6 is 0 Å². The first kappa shape index (κ1) is 49.2. The quantitative estimate of drug-likeness (QED) is 0.0926. The maximum Gasteiger partial charge on any atom is 0.0462 e. The van der Waals surface area contributed by atoms with E-state index in [9.17, 15) is 0 Å². The molecule has 1 nitrogen and oxygen atoms in total. The van der Waals surface area contributed by atoms with E-state index in [4.69, 9.17) is 0 Å². The summed E-state index contributed by atoms with van der Waals surface area (Å²) in [5.41, 5.74) is 24.9. The summed E-state index contributed by atoms with van der Waals surface area (Å²) in [4.78, 5) is 2.33. The lowest BCUT2D eigenvalue weighted by atomic mass is 9.96. The smallest absolute Gasteiger partial charge is 0.0462 e. The van der Waals surface area contributed by atoms with E-state index >= 15 is 0 Å². The van der Waals surface area contributed by atoms with Crippen LogP contribution in [0.5, 0.6) is 0 Å². The third-order valence-electron chi connectivity index (χ3n) is 13.3. The van der Waals surface area contributed by atoms with E-state index < -0.39 is 0 Å². The molecule has 0 bridgehead atoms. The van der Waals surface area contributed by atoms with Gasteiger partial charge in [0.05, 0.1) is 0 Å². The highest BCUT2D eigenvalue weighted by atomic mass is 15.1. The fraction of sp³-hybridized carbons (Fsp3) is 0.0833. The Labute approximate surface area is 434 Å². The van der Waals surface area contributed by atoms with Crippen LogP contribution in [0.4, 0.5) is 17.1 Å². The standard InChI is InChI=1S/C72H63N/c1-52-16-34-61(35-17-52)70(62-36-18-53(2)19-37-62)13-7-10-58-28-46-67(47-29-58)73(68-48-30-59(31-49-68)11-8-14-71(63-38-20-54(3)21-39-63)64-40-22-55(4)23-41-64)69-50-32-60(33-51-69)12-9-15-72(65-42-24-56(5)25-43-65)66-44-26-57(6)27-45-66/h7-51H,1-6H3. The van der Waals surface area contributed by atoms with E-state index in [1.54, 1.807) is 0 Å². The summed E-state index contributed by atoms with van der Waals surface area (Å²) in [5, 5.41) is 0. The molecule has 0 aliphatic rings. The Hall–Kier alpha value is -8.78. The van der Waals surface area contributed by atoms with Gasteiger partial charge in [0, 0.05) is 17.1 Å². The van der Waals surface area contributed by atoms with Crippen molar-refractivity contribution in [2.45, 2.75) is 41.5 Å². The predicted octanol–water partition coefficient (Wildman–Crippen LogP) is 19.4. The van der Waals surface area contributed by atoms with Crippen molar-refractivity contribution in [2.75, 3.05) is 4.90 Å². The zero-order chi connectivity index (χ0) is 50.5. The first-order valence-corrected chi connectivity index (χ1v) is 25.3. The molecule has 1 heteroatoms. The third-order valence-corrected chi connectivity index (χ3v) is 13.3. The molecule has 0 saturated heterocycles. The van der Waals surface area contributed by atoms with Crippen molar-refractivity contribution in [3.8, 4) is 0 Å². The van der Waals surface area contributed by atoms with Crippen molar-refractivity contribution >= 4 is 52.0 Å². The van der Waals surface area contributed by atoms with Crippen LogP contribution in [0.1, 0.15) is 83.5 Å². The van der Waals surface area contributed by atoms with Gasteiger partial charge >= 0.3 is 0 Å². The van der Waals surface area contributed by atoms with Gasteiger partial charge in [0.1, 0.15) is 0 Å². The first-order chi connectivity index (χ1) is 35.6. The van der Waals surface area contributed by atoms with Gasteiger partial charge < -0.3 is 4.90 Å². The molecule has 0 radical (unpaired) electrons. The van der Waals surface area contributed by atoms with E-state index in [1.165, 1.54) is 83.5 Å². The van der Waals surface area contributed by atoms with Crippen LogP contribution in [0.15, 0.2) is 255 Å². The average Bonchev–Trinajstić information content (AvgIpc) is 3.41. The molecular formula is C72H63N. The van der Waals surface area contributed by atoms with Crippen LogP contribution in [0.3, 0.4) is 0 Å². The molecule has 0 saturated carbocycles. The van der Waals surface area contributed by atoms with Crippen LogP contribution in [0, 0.1) is 41.5 Å². The van der Waals surface area contributed by atoms with E-state index in [2.05, 4.69) is 320 Å². The number of rotatable bonds is 15. The molecule has 9 rings (SSSR count). The topological polar surface area (TPSA) is 3.24 Å². The second-order valence-corrected chi connectivity index (χ2v) is 19.1. The first-order valence-electron chi connectivity index (χ1n) is 25.3. The van der Waals surface area contributed by atoms with E-state index in [-0.39, 0.29) is 0 Å². The molecule has 0 N–H and O–H groups in total. The molecule has 0 fully saturated rings. The summed E-state index contributed by atoms with van der Waals surface area (Å²) in [5.74, 6) is 0. The third kappa shape index (κ3) is 13.0. The van der Waals surface area contributed by atoms with Gasteiger partial charge in [-0.3, -0.25) is 0 Å². The Morgan fingerprint density at radius 3 is 0.589 bits per heavy atom. The Balaban J connectivity index is 1.01. The molecule has 9 aromatic carbocycles. The number of hydrogen-bond acceptors (Lipinski definition) is 1. The molecule has 73 heavy (non-hydrogen) atoms. The lowest BCUT2D eigenvalue weighted by molar-refractivity contribution is 1.28. The van der Waals surface area contributed by atoms with Crippen molar-refractivity contribution in [1.82, 2.24) is 0 Å². The van der Waals surface area contributed by atoms with Crippen molar-refractivity contribution in [1.29, 1.82) is 0 Å². The van der Waals surface area contributed by atoms with E-state index in [0.29, 0.717) is 0 Å². The van der Waals surface area contributed by atoms with Crippen LogP contribution in [-0.2, 0) is 0 Å². The van der Waals surface area contributed by atoms with Gasteiger partial charge in [-0.2, -0.15) is 0 Å². The summed E-state index contributed by atoms with van der Waals surface area (Å²) in [6, 6.07) is 79.2. The molecular weight excluding hydrogens is 879 g/mol. The van der Waals surface area contributed by atoms with Crippen molar-refractivity contribution in [2.24, 2.45) is 0 Å². The largest absolute Gasteiger partial charge is 0.311 e. The lowest BCUT2D eigenvalue weighted by Gasteiger charge is -2.26. The molecule has 0 spiro atoms. The molecule has 9 aromatic rings. The van der Waals surface area contributed by atoms with Crippen molar-refractivity contribution in [3.63, 3.8) is 0 Å². The number of nitrogens with zero attached hydrogens (tertiary/aromatic N) is 1. The lowest BCUT2D eigenvalue weighted by Crippen LogP contribution is -2.09. The molecule has 0 unspecified atom stereocenters. The highest BCUT2D eigenvalue weighted by Gasteiger charge is 2.13. The second-order valence-electron chi connectivity index (χ2n) is 19.1. The second kappa shape index (κ2) is 23.4. The zero-order valence-electron chi connectivity index (χ0n) is 42.9. The fourth-order valence-electron chi connectivity index (χ4n) is 8.89. The fourth-order valence-corrected chi connectivity index (χ4v) is 8.89. The summed E-state index contributed by atoms with van der Waals surface area (Å²) in [7, 11) is 0. The van der Waals surface area contributed by atoms with Crippen LogP contribution in [0.2, 0.25) is 0 Å². The van der Waals surface area contributed by atoms with Gasteiger partial charge in [-0.25, -0.2) is 0 Å². The van der Waals surface area contributed by atoms with Gasteiger partial charge in [0.25, 0.3) is 0 Å². The number of hydrogen-bond donors (Lipinski definition) is 0. The maximum absolute atomic E-state index is 2.33. The minimum Gasteiger partial charge on any atom is -0.311 e. The van der Waals surface area contributed by atoms with Crippen LogP contribution in [0.25, 0.3) is 34.9 Å². The Bertz CT molecular complexity index is 2910. The molecule has 0 amide bonds. The number of anilines is 3. The minimum atomic E-state index is 1.08. The highest BCUT2D eigenvalue weighted by Crippen LogP contribution is 2.36. The zero-order valence-corrected chi connectivity index (χ0v) is 42.9. The van der Waals surface area contributed by atoms with Crippen molar-refractivity contribution in [3.05, 3.63) is 338 Å².